The van der Waals surface area contributed by atoms with Crippen molar-refractivity contribution in [3.05, 3.63) is 29.3 Å². The number of sulfonamides is 1. The number of nitrogens with one attached hydrogen (secondary N) is 3. The zero-order valence-corrected chi connectivity index (χ0v) is 22.6. The van der Waals surface area contributed by atoms with Crippen LogP contribution >= 0.6 is 0 Å². The summed E-state index contributed by atoms with van der Waals surface area (Å²) in [7, 11) is -1.99. The maximum atomic E-state index is 13.3. The Morgan fingerprint density at radius 1 is 1.19 bits per heavy atom. The number of benzene rings is 1. The highest BCUT2D eigenvalue weighted by molar-refractivity contribution is 7.89. The van der Waals surface area contributed by atoms with E-state index in [0.717, 1.165) is 37.9 Å². The van der Waals surface area contributed by atoms with E-state index in [-0.39, 0.29) is 24.0 Å². The number of aryl methyl sites for hydroxylation is 1. The molecule has 1 fully saturated rings. The summed E-state index contributed by atoms with van der Waals surface area (Å²) >= 11 is 0. The fourth-order valence-corrected chi connectivity index (χ4v) is 6.44. The van der Waals surface area contributed by atoms with Crippen molar-refractivity contribution >= 4 is 33.5 Å². The maximum absolute atomic E-state index is 13.3. The van der Waals surface area contributed by atoms with Crippen molar-refractivity contribution in [1.82, 2.24) is 14.9 Å². The second kappa shape index (κ2) is 13.3. The predicted molar refractivity (Wildman–Crippen MR) is 142 cm³/mol. The van der Waals surface area contributed by atoms with Crippen molar-refractivity contribution in [2.45, 2.75) is 76.8 Å². The van der Waals surface area contributed by atoms with Crippen LogP contribution in [0.1, 0.15) is 74.2 Å². The molecule has 11 heteroatoms. The van der Waals surface area contributed by atoms with Gasteiger partial charge in [0.2, 0.25) is 15.9 Å². The Hall–Kier alpha value is -2.50. The molecule has 1 saturated heterocycles. The molecule has 2 unspecified atom stereocenters. The summed E-state index contributed by atoms with van der Waals surface area (Å²) < 4.78 is 26.6. The molecule has 1 aromatic carbocycles. The lowest BCUT2D eigenvalue weighted by Crippen LogP contribution is -2.43. The van der Waals surface area contributed by atoms with E-state index in [9.17, 15) is 27.9 Å². The molecule has 0 saturated carbocycles. The van der Waals surface area contributed by atoms with E-state index in [1.54, 1.807) is 19.2 Å². The number of aliphatic carboxylic acids is 1. The van der Waals surface area contributed by atoms with Gasteiger partial charge in [-0.3, -0.25) is 14.4 Å². The molecule has 0 bridgehead atoms. The SMILES string of the molecule is CCCCS(=O)(=O)NC(CCCc1ccc2c(c1)C(=O)N(C)C(CCC1CCNCC1)C(=O)N2)C(=O)O. The van der Waals surface area contributed by atoms with Crippen LogP contribution in [-0.2, 0) is 26.0 Å². The van der Waals surface area contributed by atoms with Crippen molar-refractivity contribution in [1.29, 1.82) is 0 Å². The Morgan fingerprint density at radius 3 is 2.59 bits per heavy atom. The van der Waals surface area contributed by atoms with Crippen LogP contribution < -0.4 is 15.4 Å². The number of nitrogens with zero attached hydrogens (tertiary/aromatic N) is 1. The maximum Gasteiger partial charge on any atom is 0.321 e. The molecular formula is C26H40N4O6S. The summed E-state index contributed by atoms with van der Waals surface area (Å²) in [5, 5.41) is 15.7. The summed E-state index contributed by atoms with van der Waals surface area (Å²) in [5.74, 6) is -1.16. The van der Waals surface area contributed by atoms with Crippen LogP contribution in [-0.4, -0.2) is 74.2 Å². The van der Waals surface area contributed by atoms with Crippen molar-refractivity contribution in [2.75, 3.05) is 31.2 Å². The molecule has 0 spiro atoms. The van der Waals surface area contributed by atoms with Gasteiger partial charge in [0.1, 0.15) is 12.1 Å². The van der Waals surface area contributed by atoms with Gasteiger partial charge in [0.25, 0.3) is 5.91 Å². The summed E-state index contributed by atoms with van der Waals surface area (Å²) in [5.41, 5.74) is 1.70. The van der Waals surface area contributed by atoms with E-state index in [4.69, 9.17) is 0 Å². The van der Waals surface area contributed by atoms with E-state index in [0.29, 0.717) is 49.3 Å². The van der Waals surface area contributed by atoms with Gasteiger partial charge >= 0.3 is 5.97 Å². The van der Waals surface area contributed by atoms with E-state index in [1.807, 2.05) is 13.0 Å². The number of amides is 2. The normalized spacial score (nSPS) is 19.7. The quantitative estimate of drug-likeness (QED) is 0.303. The molecule has 2 aliphatic heterocycles. The molecule has 3 rings (SSSR count). The van der Waals surface area contributed by atoms with Crippen LogP contribution in [0.15, 0.2) is 18.2 Å². The number of piperidine rings is 1. The van der Waals surface area contributed by atoms with Gasteiger partial charge in [-0.1, -0.05) is 19.4 Å². The minimum Gasteiger partial charge on any atom is -0.480 e. The number of anilines is 1. The lowest BCUT2D eigenvalue weighted by molar-refractivity contribution is -0.139. The van der Waals surface area contributed by atoms with Crippen LogP contribution in [0, 0.1) is 5.92 Å². The number of carbonyl (C=O) groups excluding carboxylic acids is 2. The molecule has 2 atom stereocenters. The first-order valence-corrected chi connectivity index (χ1v) is 14.9. The highest BCUT2D eigenvalue weighted by Crippen LogP contribution is 2.28. The average molecular weight is 537 g/mol. The van der Waals surface area contributed by atoms with Crippen LogP contribution in [0.4, 0.5) is 5.69 Å². The third-order valence-corrected chi connectivity index (χ3v) is 8.78. The number of hydrogen-bond donors (Lipinski definition) is 4. The number of rotatable bonds is 13. The largest absolute Gasteiger partial charge is 0.480 e. The monoisotopic (exact) mass is 536 g/mol. The molecule has 206 valence electrons. The minimum absolute atomic E-state index is 0.0989. The predicted octanol–water partition coefficient (Wildman–Crippen LogP) is 2.35. The first-order valence-electron chi connectivity index (χ1n) is 13.3. The molecule has 0 aromatic heterocycles. The fourth-order valence-electron chi connectivity index (χ4n) is 5.00. The average Bonchev–Trinajstić information content (AvgIpc) is 2.95. The molecule has 2 heterocycles. The molecule has 37 heavy (non-hydrogen) atoms. The van der Waals surface area contributed by atoms with E-state index in [1.165, 1.54) is 4.90 Å². The first kappa shape index (κ1) is 29.1. The Bertz CT molecular complexity index is 1070. The number of carboxylic acids is 1. The highest BCUT2D eigenvalue weighted by atomic mass is 32.2. The molecular weight excluding hydrogens is 496 g/mol. The van der Waals surface area contributed by atoms with Crippen molar-refractivity contribution in [3.63, 3.8) is 0 Å². The van der Waals surface area contributed by atoms with Gasteiger partial charge in [-0.25, -0.2) is 13.1 Å². The molecule has 2 aliphatic rings. The minimum atomic E-state index is -3.66. The van der Waals surface area contributed by atoms with Gasteiger partial charge in [-0.15, -0.1) is 0 Å². The van der Waals surface area contributed by atoms with Crippen molar-refractivity contribution < 1.29 is 27.9 Å². The molecule has 4 N–H and O–H groups in total. The van der Waals surface area contributed by atoms with Gasteiger partial charge in [-0.2, -0.15) is 0 Å². The molecule has 2 amide bonds. The molecule has 10 nitrogen and oxygen atoms in total. The smallest absolute Gasteiger partial charge is 0.321 e. The number of hydrogen-bond acceptors (Lipinski definition) is 6. The topological polar surface area (TPSA) is 145 Å². The number of carboxylic acid groups (broad SMARTS) is 1. The standard InChI is InChI=1S/C26H40N4O6S/c1-3-4-16-37(35,36)29-22(26(33)34)7-5-6-19-8-10-21-20(17-19)25(32)30(2)23(24(31)28-21)11-9-18-12-14-27-15-13-18/h8,10,17-18,22-23,27,29H,3-7,9,11-16H2,1-2H3,(H,28,31)(H,33,34). The number of carbonyl (C=O) groups is 3. The van der Waals surface area contributed by atoms with E-state index < -0.39 is 28.1 Å². The first-order chi connectivity index (χ1) is 17.6. The van der Waals surface area contributed by atoms with Crippen LogP contribution in [0.5, 0.6) is 0 Å². The number of likely N-dealkylation sites (N-methyl/N-ethyl adjacent to an activating group) is 1. The Kier molecular flexibility index (Phi) is 10.5. The number of unbranched alkanes of at least 4 members (excludes halogenated alkanes) is 1. The second-order valence-corrected chi connectivity index (χ2v) is 12.0. The zero-order chi connectivity index (χ0) is 27.0. The summed E-state index contributed by atoms with van der Waals surface area (Å²) in [4.78, 5) is 39.4. The van der Waals surface area contributed by atoms with Crippen LogP contribution in [0.3, 0.4) is 0 Å². The third-order valence-electron chi connectivity index (χ3n) is 7.31. The number of fused-ring (bicyclic) bond motifs is 1. The Labute approximate surface area is 219 Å². The van der Waals surface area contributed by atoms with Gasteiger partial charge in [0.15, 0.2) is 0 Å². The van der Waals surface area contributed by atoms with Gasteiger partial charge in [0.05, 0.1) is 17.0 Å². The van der Waals surface area contributed by atoms with Gasteiger partial charge in [0, 0.05) is 7.05 Å². The lowest BCUT2D eigenvalue weighted by Gasteiger charge is -2.28. The zero-order valence-electron chi connectivity index (χ0n) is 21.8. The van der Waals surface area contributed by atoms with Crippen LogP contribution in [0.2, 0.25) is 0 Å². The molecule has 0 aliphatic carbocycles. The summed E-state index contributed by atoms with van der Waals surface area (Å²) in [6, 6.07) is 3.53. The summed E-state index contributed by atoms with van der Waals surface area (Å²) in [6.07, 6.45) is 5.85. The third kappa shape index (κ3) is 8.24. The molecule has 1 aromatic rings. The Morgan fingerprint density at radius 2 is 1.92 bits per heavy atom. The van der Waals surface area contributed by atoms with Crippen molar-refractivity contribution in [2.24, 2.45) is 5.92 Å². The van der Waals surface area contributed by atoms with Crippen molar-refractivity contribution in [3.8, 4) is 0 Å². The van der Waals surface area contributed by atoms with Gasteiger partial charge < -0.3 is 20.6 Å². The van der Waals surface area contributed by atoms with Gasteiger partial charge in [-0.05, 0) is 88.1 Å². The van der Waals surface area contributed by atoms with Crippen LogP contribution in [0.25, 0.3) is 0 Å². The van der Waals surface area contributed by atoms with E-state index >= 15 is 0 Å². The Balaban J connectivity index is 1.61. The highest BCUT2D eigenvalue weighted by Gasteiger charge is 2.33. The second-order valence-electron chi connectivity index (χ2n) is 10.1. The fraction of sp³-hybridized carbons (Fsp3) is 0.654. The lowest BCUT2D eigenvalue weighted by atomic mass is 9.91. The molecule has 0 radical (unpaired) electrons. The summed E-state index contributed by atoms with van der Waals surface area (Å²) in [6.45, 7) is 3.85. The van der Waals surface area contributed by atoms with E-state index in [2.05, 4.69) is 15.4 Å².